The molecule has 0 aliphatic rings. The zero-order valence-corrected chi connectivity index (χ0v) is 15.0. The molecule has 0 aromatic heterocycles. The van der Waals surface area contributed by atoms with Crippen molar-refractivity contribution in [3.63, 3.8) is 0 Å². The third-order valence-corrected chi connectivity index (χ3v) is 4.47. The van der Waals surface area contributed by atoms with Gasteiger partial charge >= 0.3 is 0 Å². The molecule has 0 amide bonds. The summed E-state index contributed by atoms with van der Waals surface area (Å²) in [7, 11) is 0. The molecule has 0 heterocycles. The standard InChI is InChI=1S/C18H30O6/c1-11-12(2)18(10-24-8-16(22)6-20)14(4)13(3)17(11)9-23-7-15(21)5-19/h15-16,19-22H,5-10H2,1-4H3. The largest absolute Gasteiger partial charge is 0.394 e. The highest BCUT2D eigenvalue weighted by Gasteiger charge is 2.16. The van der Waals surface area contributed by atoms with Crippen molar-refractivity contribution < 1.29 is 29.9 Å². The van der Waals surface area contributed by atoms with E-state index in [1.807, 2.05) is 27.7 Å². The summed E-state index contributed by atoms with van der Waals surface area (Å²) in [5, 5.41) is 36.4. The first-order valence-corrected chi connectivity index (χ1v) is 8.14. The van der Waals surface area contributed by atoms with Crippen LogP contribution in [0.25, 0.3) is 0 Å². The van der Waals surface area contributed by atoms with Gasteiger partial charge in [-0.25, -0.2) is 0 Å². The minimum atomic E-state index is -0.863. The minimum absolute atomic E-state index is 0.0946. The van der Waals surface area contributed by atoms with Gasteiger partial charge < -0.3 is 29.9 Å². The second-order valence-corrected chi connectivity index (χ2v) is 6.16. The number of rotatable bonds is 10. The fraction of sp³-hybridized carbons (Fsp3) is 0.667. The number of benzene rings is 1. The summed E-state index contributed by atoms with van der Waals surface area (Å²) >= 11 is 0. The fourth-order valence-corrected chi connectivity index (χ4v) is 2.60. The molecule has 138 valence electrons. The van der Waals surface area contributed by atoms with Crippen LogP contribution in [0.1, 0.15) is 33.4 Å². The van der Waals surface area contributed by atoms with Crippen LogP contribution in [0.3, 0.4) is 0 Å². The number of aliphatic hydroxyl groups is 4. The van der Waals surface area contributed by atoms with Crippen molar-refractivity contribution in [2.75, 3.05) is 26.4 Å². The molecule has 0 fully saturated rings. The summed E-state index contributed by atoms with van der Waals surface area (Å²) in [5.74, 6) is 0. The van der Waals surface area contributed by atoms with E-state index >= 15 is 0 Å². The molecular weight excluding hydrogens is 312 g/mol. The third-order valence-electron chi connectivity index (χ3n) is 4.47. The molecule has 0 aliphatic heterocycles. The Balaban J connectivity index is 2.86. The van der Waals surface area contributed by atoms with Crippen LogP contribution in [0.15, 0.2) is 0 Å². The zero-order chi connectivity index (χ0) is 18.3. The Kier molecular flexibility index (Phi) is 8.83. The Labute approximate surface area is 143 Å². The highest BCUT2D eigenvalue weighted by molar-refractivity contribution is 5.49. The lowest BCUT2D eigenvalue weighted by Gasteiger charge is -2.21. The summed E-state index contributed by atoms with van der Waals surface area (Å²) in [4.78, 5) is 0. The Hall–Kier alpha value is -1.02. The fourth-order valence-electron chi connectivity index (χ4n) is 2.60. The molecule has 1 rings (SSSR count). The molecule has 24 heavy (non-hydrogen) atoms. The topological polar surface area (TPSA) is 99.4 Å². The average molecular weight is 342 g/mol. The lowest BCUT2D eigenvalue weighted by Crippen LogP contribution is -2.20. The molecule has 0 aliphatic carbocycles. The summed E-state index contributed by atoms with van der Waals surface area (Å²) in [6, 6.07) is 0. The molecule has 6 nitrogen and oxygen atoms in total. The minimum Gasteiger partial charge on any atom is -0.394 e. The summed E-state index contributed by atoms with van der Waals surface area (Å²) < 4.78 is 11.0. The molecule has 0 spiro atoms. The number of hydrogen-bond acceptors (Lipinski definition) is 6. The molecule has 6 heteroatoms. The number of aliphatic hydroxyl groups excluding tert-OH is 4. The van der Waals surface area contributed by atoms with Crippen LogP contribution < -0.4 is 0 Å². The van der Waals surface area contributed by atoms with E-state index in [1.54, 1.807) is 0 Å². The molecule has 2 unspecified atom stereocenters. The van der Waals surface area contributed by atoms with Gasteiger partial charge in [0, 0.05) is 0 Å². The normalized spacial score (nSPS) is 14.0. The average Bonchev–Trinajstić information content (AvgIpc) is 2.58. The molecule has 4 N–H and O–H groups in total. The van der Waals surface area contributed by atoms with Crippen molar-refractivity contribution in [1.29, 1.82) is 0 Å². The van der Waals surface area contributed by atoms with Gasteiger partial charge in [-0.05, 0) is 61.1 Å². The summed E-state index contributed by atoms with van der Waals surface area (Å²) in [6.45, 7) is 8.41. The van der Waals surface area contributed by atoms with Crippen molar-refractivity contribution in [1.82, 2.24) is 0 Å². The van der Waals surface area contributed by atoms with Gasteiger partial charge in [0.05, 0.1) is 39.6 Å². The van der Waals surface area contributed by atoms with Crippen molar-refractivity contribution in [3.05, 3.63) is 33.4 Å². The van der Waals surface area contributed by atoms with Gasteiger partial charge in [0.1, 0.15) is 12.2 Å². The molecule has 0 radical (unpaired) electrons. The Morgan fingerprint density at radius 2 is 0.958 bits per heavy atom. The van der Waals surface area contributed by atoms with Gasteiger partial charge in [-0.15, -0.1) is 0 Å². The maximum absolute atomic E-state index is 9.36. The second-order valence-electron chi connectivity index (χ2n) is 6.16. The summed E-state index contributed by atoms with van der Waals surface area (Å²) in [5.41, 5.74) is 6.59. The van der Waals surface area contributed by atoms with Crippen LogP contribution in [0.5, 0.6) is 0 Å². The van der Waals surface area contributed by atoms with E-state index < -0.39 is 12.2 Å². The lowest BCUT2D eigenvalue weighted by molar-refractivity contribution is -0.00106. The maximum atomic E-state index is 9.36. The first-order chi connectivity index (χ1) is 11.3. The zero-order valence-electron chi connectivity index (χ0n) is 15.0. The molecule has 1 aromatic rings. The monoisotopic (exact) mass is 342 g/mol. The van der Waals surface area contributed by atoms with Crippen molar-refractivity contribution in [2.45, 2.75) is 53.1 Å². The van der Waals surface area contributed by atoms with Gasteiger partial charge in [0.2, 0.25) is 0 Å². The third kappa shape index (κ3) is 5.51. The second kappa shape index (κ2) is 10.1. The van der Waals surface area contributed by atoms with Gasteiger partial charge in [-0.3, -0.25) is 0 Å². The number of hydrogen-bond donors (Lipinski definition) is 4. The van der Waals surface area contributed by atoms with E-state index in [0.29, 0.717) is 13.2 Å². The highest BCUT2D eigenvalue weighted by atomic mass is 16.5. The first kappa shape index (κ1) is 21.0. The van der Waals surface area contributed by atoms with Crippen LogP contribution in [0, 0.1) is 27.7 Å². The van der Waals surface area contributed by atoms with E-state index in [1.165, 1.54) is 0 Å². The van der Waals surface area contributed by atoms with Gasteiger partial charge in [-0.2, -0.15) is 0 Å². The van der Waals surface area contributed by atoms with Crippen molar-refractivity contribution in [2.24, 2.45) is 0 Å². The molecule has 0 saturated carbocycles. The summed E-state index contributed by atoms with van der Waals surface area (Å²) in [6.07, 6.45) is -1.73. The van der Waals surface area contributed by atoms with E-state index in [0.717, 1.165) is 33.4 Å². The van der Waals surface area contributed by atoms with Gasteiger partial charge in [0.15, 0.2) is 0 Å². The van der Waals surface area contributed by atoms with Crippen LogP contribution in [-0.2, 0) is 22.7 Å². The van der Waals surface area contributed by atoms with Crippen LogP contribution in [0.4, 0.5) is 0 Å². The lowest BCUT2D eigenvalue weighted by atomic mass is 9.89. The van der Waals surface area contributed by atoms with Gasteiger partial charge in [-0.1, -0.05) is 0 Å². The smallest absolute Gasteiger partial charge is 0.100 e. The maximum Gasteiger partial charge on any atom is 0.100 e. The van der Waals surface area contributed by atoms with E-state index in [2.05, 4.69) is 0 Å². The Morgan fingerprint density at radius 1 is 0.667 bits per heavy atom. The Bertz CT molecular complexity index is 453. The van der Waals surface area contributed by atoms with Crippen molar-refractivity contribution >= 4 is 0 Å². The Morgan fingerprint density at radius 3 is 1.21 bits per heavy atom. The van der Waals surface area contributed by atoms with E-state index in [-0.39, 0.29) is 26.4 Å². The van der Waals surface area contributed by atoms with Crippen LogP contribution in [-0.4, -0.2) is 59.1 Å². The van der Waals surface area contributed by atoms with E-state index in [4.69, 9.17) is 19.7 Å². The molecule has 0 bridgehead atoms. The molecular formula is C18H30O6. The predicted octanol–water partition coefficient (Wildman–Crippen LogP) is 0.660. The number of ether oxygens (including phenoxy) is 2. The van der Waals surface area contributed by atoms with Crippen LogP contribution >= 0.6 is 0 Å². The molecule has 2 atom stereocenters. The highest BCUT2D eigenvalue weighted by Crippen LogP contribution is 2.28. The van der Waals surface area contributed by atoms with Crippen molar-refractivity contribution in [3.8, 4) is 0 Å². The molecule has 0 saturated heterocycles. The molecule has 1 aromatic carbocycles. The SMILES string of the molecule is Cc1c(C)c(COCC(O)CO)c(C)c(C)c1COCC(O)CO. The van der Waals surface area contributed by atoms with Crippen LogP contribution in [0.2, 0.25) is 0 Å². The van der Waals surface area contributed by atoms with E-state index in [9.17, 15) is 10.2 Å². The van der Waals surface area contributed by atoms with Gasteiger partial charge in [0.25, 0.3) is 0 Å². The predicted molar refractivity (Wildman–Crippen MR) is 90.9 cm³/mol. The quantitative estimate of drug-likeness (QED) is 0.499. The first-order valence-electron chi connectivity index (χ1n) is 8.14.